The van der Waals surface area contributed by atoms with E-state index in [0.717, 1.165) is 22.0 Å². The van der Waals surface area contributed by atoms with Gasteiger partial charge in [-0.3, -0.25) is 10.1 Å². The van der Waals surface area contributed by atoms with Crippen molar-refractivity contribution < 1.29 is 4.79 Å². The van der Waals surface area contributed by atoms with Gasteiger partial charge in [-0.05, 0) is 24.6 Å². The Bertz CT molecular complexity index is 1060. The van der Waals surface area contributed by atoms with E-state index in [9.17, 15) is 4.79 Å². The summed E-state index contributed by atoms with van der Waals surface area (Å²) in [6.45, 7) is 1.87. The average molecular weight is 375 g/mol. The fourth-order valence-corrected chi connectivity index (χ4v) is 3.54. The number of hydrogen-bond acceptors (Lipinski definition) is 5. The third kappa shape index (κ3) is 3.78. The first-order valence-electron chi connectivity index (χ1n) is 8.48. The molecule has 4 aromatic rings. The van der Waals surface area contributed by atoms with Gasteiger partial charge in [0.15, 0.2) is 0 Å². The summed E-state index contributed by atoms with van der Waals surface area (Å²) in [5.41, 5.74) is 3.35. The van der Waals surface area contributed by atoms with Gasteiger partial charge in [0.1, 0.15) is 5.01 Å². The minimum Gasteiger partial charge on any atom is -0.296 e. The molecule has 2 aromatic heterocycles. The zero-order valence-electron chi connectivity index (χ0n) is 14.7. The van der Waals surface area contributed by atoms with Gasteiger partial charge in [-0.2, -0.15) is 5.10 Å². The number of carbonyl (C=O) groups excluding carboxylic acids is 1. The summed E-state index contributed by atoms with van der Waals surface area (Å²) in [6, 6.07) is 19.8. The van der Waals surface area contributed by atoms with Crippen molar-refractivity contribution in [2.24, 2.45) is 0 Å². The van der Waals surface area contributed by atoms with Crippen molar-refractivity contribution in [1.29, 1.82) is 0 Å². The normalized spacial score (nSPS) is 10.7. The third-order valence-electron chi connectivity index (χ3n) is 4.14. The standard InChI is InChI=1S/C20H17N5OS/c1-14-17(13-21-25(14)16-10-6-3-7-11-16)19(26)22-20-24-23-18(27-20)12-15-8-4-2-5-9-15/h2-11,13H,12H2,1H3,(H,22,24,26). The van der Waals surface area contributed by atoms with Gasteiger partial charge in [-0.15, -0.1) is 10.2 Å². The quantitative estimate of drug-likeness (QED) is 0.575. The van der Waals surface area contributed by atoms with Crippen LogP contribution >= 0.6 is 11.3 Å². The molecule has 134 valence electrons. The van der Waals surface area contributed by atoms with Gasteiger partial charge >= 0.3 is 0 Å². The van der Waals surface area contributed by atoms with Crippen molar-refractivity contribution in [2.45, 2.75) is 13.3 Å². The highest BCUT2D eigenvalue weighted by Gasteiger charge is 2.17. The van der Waals surface area contributed by atoms with Crippen LogP contribution < -0.4 is 5.32 Å². The average Bonchev–Trinajstić information content (AvgIpc) is 3.29. The van der Waals surface area contributed by atoms with Gasteiger partial charge in [-0.25, -0.2) is 4.68 Å². The zero-order chi connectivity index (χ0) is 18.6. The summed E-state index contributed by atoms with van der Waals surface area (Å²) in [7, 11) is 0. The number of aromatic nitrogens is 4. The van der Waals surface area contributed by atoms with E-state index in [1.807, 2.05) is 67.6 Å². The number of nitrogens with one attached hydrogen (secondary N) is 1. The lowest BCUT2D eigenvalue weighted by atomic mass is 10.2. The molecule has 2 heterocycles. The lowest BCUT2D eigenvalue weighted by molar-refractivity contribution is 0.102. The Balaban J connectivity index is 1.48. The van der Waals surface area contributed by atoms with Crippen molar-refractivity contribution >= 4 is 22.4 Å². The minimum atomic E-state index is -0.239. The van der Waals surface area contributed by atoms with E-state index in [2.05, 4.69) is 20.6 Å². The maximum Gasteiger partial charge on any atom is 0.260 e. The first-order valence-corrected chi connectivity index (χ1v) is 9.30. The number of benzene rings is 2. The molecule has 27 heavy (non-hydrogen) atoms. The summed E-state index contributed by atoms with van der Waals surface area (Å²) in [5.74, 6) is -0.239. The number of para-hydroxylation sites is 1. The van der Waals surface area contributed by atoms with Crippen LogP contribution in [0.4, 0.5) is 5.13 Å². The van der Waals surface area contributed by atoms with Crippen LogP contribution in [-0.4, -0.2) is 25.9 Å². The van der Waals surface area contributed by atoms with Gasteiger partial charge in [0.2, 0.25) is 5.13 Å². The van der Waals surface area contributed by atoms with E-state index in [-0.39, 0.29) is 5.91 Å². The Hall–Kier alpha value is -3.32. The lowest BCUT2D eigenvalue weighted by Crippen LogP contribution is -2.13. The van der Waals surface area contributed by atoms with E-state index in [4.69, 9.17) is 0 Å². The molecular formula is C20H17N5OS. The number of carbonyl (C=O) groups is 1. The van der Waals surface area contributed by atoms with Crippen LogP contribution in [0.15, 0.2) is 66.9 Å². The Morgan fingerprint density at radius 3 is 2.48 bits per heavy atom. The molecule has 0 radical (unpaired) electrons. The second-order valence-corrected chi connectivity index (χ2v) is 7.07. The van der Waals surface area contributed by atoms with Crippen molar-refractivity contribution in [3.05, 3.63) is 88.7 Å². The van der Waals surface area contributed by atoms with E-state index < -0.39 is 0 Å². The largest absolute Gasteiger partial charge is 0.296 e. The van der Waals surface area contributed by atoms with Gasteiger partial charge in [-0.1, -0.05) is 59.9 Å². The topological polar surface area (TPSA) is 72.7 Å². The fraction of sp³-hybridized carbons (Fsp3) is 0.100. The van der Waals surface area contributed by atoms with Crippen molar-refractivity contribution in [1.82, 2.24) is 20.0 Å². The van der Waals surface area contributed by atoms with Gasteiger partial charge in [0, 0.05) is 6.42 Å². The fourth-order valence-electron chi connectivity index (χ4n) is 2.77. The van der Waals surface area contributed by atoms with E-state index in [1.165, 1.54) is 11.3 Å². The van der Waals surface area contributed by atoms with Crippen molar-refractivity contribution in [3.8, 4) is 5.69 Å². The molecule has 6 nitrogen and oxygen atoms in total. The molecule has 0 saturated carbocycles. The Kier molecular flexibility index (Phi) is 4.76. The van der Waals surface area contributed by atoms with Crippen LogP contribution in [0, 0.1) is 6.92 Å². The van der Waals surface area contributed by atoms with Crippen LogP contribution in [-0.2, 0) is 6.42 Å². The van der Waals surface area contributed by atoms with Crippen molar-refractivity contribution in [2.75, 3.05) is 5.32 Å². The molecule has 0 aliphatic rings. The highest BCUT2D eigenvalue weighted by molar-refractivity contribution is 7.15. The number of nitrogens with zero attached hydrogens (tertiary/aromatic N) is 4. The zero-order valence-corrected chi connectivity index (χ0v) is 15.5. The molecule has 0 fully saturated rings. The third-order valence-corrected chi connectivity index (χ3v) is 4.98. The SMILES string of the molecule is Cc1c(C(=O)Nc2nnc(Cc3ccccc3)s2)cnn1-c1ccccc1. The van der Waals surface area contributed by atoms with E-state index in [0.29, 0.717) is 17.1 Å². The molecule has 0 aliphatic carbocycles. The lowest BCUT2D eigenvalue weighted by Gasteiger charge is -2.05. The van der Waals surface area contributed by atoms with Gasteiger partial charge in [0.25, 0.3) is 5.91 Å². The Morgan fingerprint density at radius 1 is 1.04 bits per heavy atom. The summed E-state index contributed by atoms with van der Waals surface area (Å²) in [5, 5.41) is 16.7. The van der Waals surface area contributed by atoms with Crippen LogP contribution in [0.5, 0.6) is 0 Å². The summed E-state index contributed by atoms with van der Waals surface area (Å²) in [4.78, 5) is 12.6. The minimum absolute atomic E-state index is 0.239. The Morgan fingerprint density at radius 2 is 1.74 bits per heavy atom. The molecule has 0 unspecified atom stereocenters. The summed E-state index contributed by atoms with van der Waals surface area (Å²) >= 11 is 1.38. The van der Waals surface area contributed by atoms with Crippen LogP contribution in [0.1, 0.15) is 26.6 Å². The molecule has 2 aromatic carbocycles. The van der Waals surface area contributed by atoms with Crippen molar-refractivity contribution in [3.63, 3.8) is 0 Å². The predicted octanol–water partition coefficient (Wildman–Crippen LogP) is 3.88. The molecule has 0 aliphatic heterocycles. The predicted molar refractivity (Wildman–Crippen MR) is 105 cm³/mol. The van der Waals surface area contributed by atoms with Crippen LogP contribution in [0.3, 0.4) is 0 Å². The first-order chi connectivity index (χ1) is 13.2. The van der Waals surface area contributed by atoms with Gasteiger partial charge < -0.3 is 0 Å². The first kappa shape index (κ1) is 17.1. The highest BCUT2D eigenvalue weighted by atomic mass is 32.1. The second kappa shape index (κ2) is 7.51. The highest BCUT2D eigenvalue weighted by Crippen LogP contribution is 2.20. The summed E-state index contributed by atoms with van der Waals surface area (Å²) in [6.07, 6.45) is 2.27. The Labute approximate surface area is 160 Å². The summed E-state index contributed by atoms with van der Waals surface area (Å²) < 4.78 is 1.75. The molecule has 0 saturated heterocycles. The molecule has 0 spiro atoms. The maximum absolute atomic E-state index is 12.6. The van der Waals surface area contributed by atoms with E-state index in [1.54, 1.807) is 10.9 Å². The maximum atomic E-state index is 12.6. The van der Waals surface area contributed by atoms with Crippen LogP contribution in [0.2, 0.25) is 0 Å². The number of anilines is 1. The van der Waals surface area contributed by atoms with E-state index >= 15 is 0 Å². The van der Waals surface area contributed by atoms with Gasteiger partial charge in [0.05, 0.1) is 23.1 Å². The molecule has 1 N–H and O–H groups in total. The smallest absolute Gasteiger partial charge is 0.260 e. The number of rotatable bonds is 5. The number of amides is 1. The van der Waals surface area contributed by atoms with Crippen LogP contribution in [0.25, 0.3) is 5.69 Å². The molecule has 0 atom stereocenters. The second-order valence-electron chi connectivity index (χ2n) is 6.01. The monoisotopic (exact) mass is 375 g/mol. The molecule has 7 heteroatoms. The molecule has 4 rings (SSSR count). The molecular weight excluding hydrogens is 358 g/mol. The molecule has 0 bridgehead atoms. The molecule has 1 amide bonds. The number of hydrogen-bond donors (Lipinski definition) is 1.